The molecule has 0 bridgehead atoms. The molecule has 0 unspecified atom stereocenters. The molecule has 1 fully saturated rings. The molecular weight excluding hydrogens is 269 g/mol. The first-order valence-electron chi connectivity index (χ1n) is 7.71. The Hall–Kier alpha value is -1.62. The van der Waals surface area contributed by atoms with Gasteiger partial charge in [-0.1, -0.05) is 13.0 Å². The van der Waals surface area contributed by atoms with Gasteiger partial charge in [0.25, 0.3) is 5.91 Å². The molecule has 1 heterocycles. The monoisotopic (exact) mass is 293 g/mol. The zero-order valence-corrected chi connectivity index (χ0v) is 12.9. The number of amides is 1. The van der Waals surface area contributed by atoms with Gasteiger partial charge < -0.3 is 10.2 Å². The Morgan fingerprint density at radius 1 is 1.24 bits per heavy atom. The van der Waals surface area contributed by atoms with Crippen LogP contribution in [0.2, 0.25) is 0 Å². The normalized spacial score (nSPS) is 16.0. The fourth-order valence-corrected chi connectivity index (χ4v) is 2.72. The summed E-state index contributed by atoms with van der Waals surface area (Å²) in [6, 6.07) is 4.67. The number of carbonyl (C=O) groups is 1. The van der Waals surface area contributed by atoms with Crippen molar-refractivity contribution in [3.63, 3.8) is 0 Å². The van der Waals surface area contributed by atoms with Crippen LogP contribution in [0.5, 0.6) is 0 Å². The van der Waals surface area contributed by atoms with E-state index in [1.54, 1.807) is 12.1 Å². The molecule has 1 aliphatic rings. The highest BCUT2D eigenvalue weighted by atomic mass is 19.1. The number of rotatable bonds is 5. The van der Waals surface area contributed by atoms with Crippen LogP contribution in [0.25, 0.3) is 0 Å². The van der Waals surface area contributed by atoms with Gasteiger partial charge in [0.2, 0.25) is 0 Å². The number of nitrogens with one attached hydrogen (secondary N) is 1. The van der Waals surface area contributed by atoms with Crippen molar-refractivity contribution in [1.82, 2.24) is 9.80 Å². The molecule has 2 rings (SSSR count). The fourth-order valence-electron chi connectivity index (χ4n) is 2.72. The Balaban J connectivity index is 2.09. The van der Waals surface area contributed by atoms with Gasteiger partial charge >= 0.3 is 0 Å². The van der Waals surface area contributed by atoms with E-state index in [2.05, 4.69) is 17.1 Å². The molecule has 4 nitrogen and oxygen atoms in total. The zero-order chi connectivity index (χ0) is 15.2. The Kier molecular flexibility index (Phi) is 5.56. The standard InChI is InChI=1S/C16H24FN3O/c1-3-8-19-9-11-20(12-10-19)16(21)13-6-5-7-14(17)15(13)18-4-2/h5-7,18H,3-4,8-12H2,1-2H3. The van der Waals surface area contributed by atoms with Crippen LogP contribution in [0.4, 0.5) is 10.1 Å². The van der Waals surface area contributed by atoms with E-state index >= 15 is 0 Å². The zero-order valence-electron chi connectivity index (χ0n) is 12.9. The summed E-state index contributed by atoms with van der Waals surface area (Å²) in [4.78, 5) is 16.8. The summed E-state index contributed by atoms with van der Waals surface area (Å²) in [5, 5.41) is 2.96. The minimum atomic E-state index is -0.368. The maximum atomic E-state index is 13.9. The molecule has 1 aromatic carbocycles. The summed E-state index contributed by atoms with van der Waals surface area (Å²) in [6.45, 7) is 8.92. The largest absolute Gasteiger partial charge is 0.382 e. The third-order valence-corrected chi connectivity index (χ3v) is 3.80. The lowest BCUT2D eigenvalue weighted by Gasteiger charge is -2.34. The number of hydrogen-bond acceptors (Lipinski definition) is 3. The highest BCUT2D eigenvalue weighted by molar-refractivity contribution is 5.99. The van der Waals surface area contributed by atoms with Crippen LogP contribution in [0, 0.1) is 5.82 Å². The third kappa shape index (κ3) is 3.73. The smallest absolute Gasteiger partial charge is 0.256 e. The molecule has 21 heavy (non-hydrogen) atoms. The van der Waals surface area contributed by atoms with E-state index in [1.807, 2.05) is 11.8 Å². The predicted molar refractivity (Wildman–Crippen MR) is 83.2 cm³/mol. The van der Waals surface area contributed by atoms with Crippen molar-refractivity contribution in [1.29, 1.82) is 0 Å². The van der Waals surface area contributed by atoms with Crippen LogP contribution in [0.3, 0.4) is 0 Å². The molecule has 0 aromatic heterocycles. The number of piperazine rings is 1. The number of halogens is 1. The van der Waals surface area contributed by atoms with E-state index in [1.165, 1.54) is 6.07 Å². The van der Waals surface area contributed by atoms with E-state index in [9.17, 15) is 9.18 Å². The Morgan fingerprint density at radius 2 is 1.95 bits per heavy atom. The van der Waals surface area contributed by atoms with E-state index in [0.717, 1.165) is 26.1 Å². The Labute approximate surface area is 125 Å². The molecule has 0 atom stereocenters. The summed E-state index contributed by atoms with van der Waals surface area (Å²) in [5.74, 6) is -0.450. The quantitative estimate of drug-likeness (QED) is 0.905. The van der Waals surface area contributed by atoms with Crippen LogP contribution in [-0.4, -0.2) is 55.0 Å². The minimum absolute atomic E-state index is 0.0819. The molecule has 0 radical (unpaired) electrons. The van der Waals surface area contributed by atoms with Crippen molar-refractivity contribution in [2.45, 2.75) is 20.3 Å². The lowest BCUT2D eigenvalue weighted by atomic mass is 10.1. The highest BCUT2D eigenvalue weighted by Crippen LogP contribution is 2.22. The van der Waals surface area contributed by atoms with Crippen LogP contribution >= 0.6 is 0 Å². The van der Waals surface area contributed by atoms with Crippen LogP contribution < -0.4 is 5.32 Å². The molecule has 5 heteroatoms. The molecule has 1 N–H and O–H groups in total. The lowest BCUT2D eigenvalue weighted by molar-refractivity contribution is 0.0638. The van der Waals surface area contributed by atoms with Gasteiger partial charge in [-0.2, -0.15) is 0 Å². The van der Waals surface area contributed by atoms with Gasteiger partial charge in [0, 0.05) is 32.7 Å². The highest BCUT2D eigenvalue weighted by Gasteiger charge is 2.24. The van der Waals surface area contributed by atoms with Gasteiger partial charge in [-0.3, -0.25) is 9.69 Å². The topological polar surface area (TPSA) is 35.6 Å². The van der Waals surface area contributed by atoms with Crippen molar-refractivity contribution in [3.8, 4) is 0 Å². The third-order valence-electron chi connectivity index (χ3n) is 3.80. The van der Waals surface area contributed by atoms with Gasteiger partial charge in [-0.25, -0.2) is 4.39 Å². The SMILES string of the molecule is CCCN1CCN(C(=O)c2cccc(F)c2NCC)CC1. The van der Waals surface area contributed by atoms with E-state index in [0.29, 0.717) is 30.9 Å². The van der Waals surface area contributed by atoms with Crippen LogP contribution in [-0.2, 0) is 0 Å². The summed E-state index contributed by atoms with van der Waals surface area (Å²) < 4.78 is 13.9. The number of hydrogen-bond donors (Lipinski definition) is 1. The molecule has 0 saturated carbocycles. The summed E-state index contributed by atoms with van der Waals surface area (Å²) in [6.07, 6.45) is 1.13. The molecule has 116 valence electrons. The fraction of sp³-hybridized carbons (Fsp3) is 0.562. The van der Waals surface area contributed by atoms with Crippen LogP contribution in [0.1, 0.15) is 30.6 Å². The maximum Gasteiger partial charge on any atom is 0.256 e. The summed E-state index contributed by atoms with van der Waals surface area (Å²) >= 11 is 0. The molecule has 0 spiro atoms. The van der Waals surface area contributed by atoms with Crippen molar-refractivity contribution < 1.29 is 9.18 Å². The van der Waals surface area contributed by atoms with Crippen molar-refractivity contribution >= 4 is 11.6 Å². The molecule has 1 amide bonds. The first-order chi connectivity index (χ1) is 10.2. The first-order valence-corrected chi connectivity index (χ1v) is 7.71. The Bertz CT molecular complexity index is 484. The number of anilines is 1. The van der Waals surface area contributed by atoms with Gasteiger partial charge in [-0.15, -0.1) is 0 Å². The van der Waals surface area contributed by atoms with Gasteiger partial charge in [0.05, 0.1) is 11.3 Å². The van der Waals surface area contributed by atoms with Gasteiger partial charge in [-0.05, 0) is 32.0 Å². The first kappa shape index (κ1) is 15.8. The second-order valence-electron chi connectivity index (χ2n) is 5.33. The van der Waals surface area contributed by atoms with Crippen LogP contribution in [0.15, 0.2) is 18.2 Å². The predicted octanol–water partition coefficient (Wildman–Crippen LogP) is 2.43. The maximum absolute atomic E-state index is 13.9. The number of para-hydroxylation sites is 1. The van der Waals surface area contributed by atoms with Gasteiger partial charge in [0.1, 0.15) is 5.82 Å². The summed E-state index contributed by atoms with van der Waals surface area (Å²) in [7, 11) is 0. The van der Waals surface area contributed by atoms with E-state index < -0.39 is 0 Å². The molecule has 0 aliphatic carbocycles. The second-order valence-corrected chi connectivity index (χ2v) is 5.33. The van der Waals surface area contributed by atoms with Gasteiger partial charge in [0.15, 0.2) is 0 Å². The average molecular weight is 293 g/mol. The number of benzene rings is 1. The van der Waals surface area contributed by atoms with Crippen molar-refractivity contribution in [2.75, 3.05) is 44.6 Å². The average Bonchev–Trinajstić information content (AvgIpc) is 2.50. The summed E-state index contributed by atoms with van der Waals surface area (Å²) in [5.41, 5.74) is 0.752. The van der Waals surface area contributed by atoms with E-state index in [4.69, 9.17) is 0 Å². The molecule has 1 saturated heterocycles. The molecule has 1 aromatic rings. The number of nitrogens with zero attached hydrogens (tertiary/aromatic N) is 2. The number of carbonyl (C=O) groups excluding carboxylic acids is 1. The minimum Gasteiger partial charge on any atom is -0.382 e. The Morgan fingerprint density at radius 3 is 2.57 bits per heavy atom. The lowest BCUT2D eigenvalue weighted by Crippen LogP contribution is -2.48. The second kappa shape index (κ2) is 7.41. The van der Waals surface area contributed by atoms with Crippen molar-refractivity contribution in [3.05, 3.63) is 29.6 Å². The van der Waals surface area contributed by atoms with E-state index in [-0.39, 0.29) is 11.7 Å². The van der Waals surface area contributed by atoms with Crippen molar-refractivity contribution in [2.24, 2.45) is 0 Å². The molecule has 1 aliphatic heterocycles. The molecular formula is C16H24FN3O.